The van der Waals surface area contributed by atoms with Crippen molar-refractivity contribution in [2.75, 3.05) is 20.6 Å². The lowest BCUT2D eigenvalue weighted by Gasteiger charge is -2.09. The van der Waals surface area contributed by atoms with Crippen molar-refractivity contribution in [1.82, 2.24) is 14.7 Å². The highest BCUT2D eigenvalue weighted by atomic mass is 16.1. The van der Waals surface area contributed by atoms with Crippen LogP contribution in [0, 0.1) is 0 Å². The number of aromatic nitrogens is 2. The largest absolute Gasteiger partial charge is 0.364 e. The van der Waals surface area contributed by atoms with E-state index in [-0.39, 0.29) is 0 Å². The Hall–Kier alpha value is -1.88. The Morgan fingerprint density at radius 1 is 1.41 bits per heavy atom. The zero-order valence-corrected chi connectivity index (χ0v) is 10.1. The van der Waals surface area contributed by atoms with Gasteiger partial charge in [0.25, 0.3) is 5.91 Å². The van der Waals surface area contributed by atoms with Gasteiger partial charge in [0.2, 0.25) is 0 Å². The molecule has 0 saturated heterocycles. The van der Waals surface area contributed by atoms with Crippen LogP contribution in [0.25, 0.3) is 10.9 Å². The number of hydrogen-bond donors (Lipinski definition) is 1. The first-order valence-corrected chi connectivity index (χ1v) is 5.49. The topological polar surface area (TPSA) is 64.2 Å². The number of likely N-dealkylation sites (N-methyl/N-ethyl adjacent to an activating group) is 1. The number of nitrogens with zero attached hydrogens (tertiary/aromatic N) is 3. The summed E-state index contributed by atoms with van der Waals surface area (Å²) >= 11 is 0. The highest BCUT2D eigenvalue weighted by Gasteiger charge is 2.13. The summed E-state index contributed by atoms with van der Waals surface area (Å²) in [6.45, 7) is 1.60. The van der Waals surface area contributed by atoms with Crippen molar-refractivity contribution in [3.63, 3.8) is 0 Å². The second-order valence-electron chi connectivity index (χ2n) is 4.26. The van der Waals surface area contributed by atoms with E-state index in [4.69, 9.17) is 5.73 Å². The normalized spacial score (nSPS) is 11.2. The molecule has 5 nitrogen and oxygen atoms in total. The van der Waals surface area contributed by atoms with Crippen molar-refractivity contribution in [3.05, 3.63) is 30.0 Å². The Kier molecular flexibility index (Phi) is 3.10. The molecule has 2 N–H and O–H groups in total. The molecule has 1 amide bonds. The lowest BCUT2D eigenvalue weighted by atomic mass is 10.2. The maximum absolute atomic E-state index is 11.3. The van der Waals surface area contributed by atoms with Crippen LogP contribution in [0.2, 0.25) is 0 Å². The summed E-state index contributed by atoms with van der Waals surface area (Å²) in [5.74, 6) is -0.482. The Morgan fingerprint density at radius 2 is 2.12 bits per heavy atom. The first-order chi connectivity index (χ1) is 8.09. The van der Waals surface area contributed by atoms with Crippen LogP contribution in [0.5, 0.6) is 0 Å². The molecule has 2 aromatic rings. The van der Waals surface area contributed by atoms with Gasteiger partial charge < -0.3 is 10.6 Å². The molecule has 0 radical (unpaired) electrons. The van der Waals surface area contributed by atoms with Crippen molar-refractivity contribution < 1.29 is 4.79 Å². The molecule has 0 unspecified atom stereocenters. The fourth-order valence-corrected chi connectivity index (χ4v) is 1.77. The van der Waals surface area contributed by atoms with Gasteiger partial charge in [-0.1, -0.05) is 18.2 Å². The van der Waals surface area contributed by atoms with E-state index < -0.39 is 5.91 Å². The molecular formula is C12H16N4O. The average Bonchev–Trinajstić information content (AvgIpc) is 2.65. The van der Waals surface area contributed by atoms with Crippen molar-refractivity contribution in [2.24, 2.45) is 5.73 Å². The molecule has 90 valence electrons. The molecule has 1 aromatic heterocycles. The molecule has 2 rings (SSSR count). The fourth-order valence-electron chi connectivity index (χ4n) is 1.77. The summed E-state index contributed by atoms with van der Waals surface area (Å²) in [6.07, 6.45) is 0. The van der Waals surface area contributed by atoms with Gasteiger partial charge in [-0.05, 0) is 20.2 Å². The maximum atomic E-state index is 11.3. The summed E-state index contributed by atoms with van der Waals surface area (Å²) in [5.41, 5.74) is 6.62. The van der Waals surface area contributed by atoms with Gasteiger partial charge in [0.15, 0.2) is 5.69 Å². The number of fused-ring (bicyclic) bond motifs is 1. The summed E-state index contributed by atoms with van der Waals surface area (Å²) in [7, 11) is 4.00. The van der Waals surface area contributed by atoms with Crippen LogP contribution in [0.4, 0.5) is 0 Å². The third kappa shape index (κ3) is 2.29. The zero-order chi connectivity index (χ0) is 12.4. The Labute approximate surface area is 99.8 Å². The van der Waals surface area contributed by atoms with E-state index >= 15 is 0 Å². The number of rotatable bonds is 4. The van der Waals surface area contributed by atoms with Crippen LogP contribution in [-0.4, -0.2) is 41.2 Å². The van der Waals surface area contributed by atoms with Gasteiger partial charge >= 0.3 is 0 Å². The van der Waals surface area contributed by atoms with Gasteiger partial charge in [-0.3, -0.25) is 9.48 Å². The molecule has 17 heavy (non-hydrogen) atoms. The van der Waals surface area contributed by atoms with Gasteiger partial charge in [0.1, 0.15) is 0 Å². The molecule has 0 saturated carbocycles. The second-order valence-corrected chi connectivity index (χ2v) is 4.26. The molecule has 0 bridgehead atoms. The average molecular weight is 232 g/mol. The molecule has 1 heterocycles. The van der Waals surface area contributed by atoms with Crippen molar-refractivity contribution in [2.45, 2.75) is 6.54 Å². The minimum atomic E-state index is -0.482. The lowest BCUT2D eigenvalue weighted by molar-refractivity contribution is 0.0996. The van der Waals surface area contributed by atoms with E-state index in [1.165, 1.54) is 0 Å². The molecule has 0 fully saturated rings. The maximum Gasteiger partial charge on any atom is 0.269 e. The van der Waals surface area contributed by atoms with Gasteiger partial charge in [-0.25, -0.2) is 0 Å². The number of carbonyl (C=O) groups is 1. The fraction of sp³-hybridized carbons (Fsp3) is 0.333. The van der Waals surface area contributed by atoms with E-state index in [1.807, 2.05) is 43.0 Å². The Bertz CT molecular complexity index is 544. The first-order valence-electron chi connectivity index (χ1n) is 5.49. The lowest BCUT2D eigenvalue weighted by Crippen LogP contribution is -2.19. The van der Waals surface area contributed by atoms with Crippen LogP contribution in [0.1, 0.15) is 10.5 Å². The van der Waals surface area contributed by atoms with Gasteiger partial charge in [0, 0.05) is 11.9 Å². The predicted molar refractivity (Wildman–Crippen MR) is 66.8 cm³/mol. The monoisotopic (exact) mass is 232 g/mol. The van der Waals surface area contributed by atoms with E-state index in [0.29, 0.717) is 5.69 Å². The van der Waals surface area contributed by atoms with Crippen LogP contribution in [0.3, 0.4) is 0 Å². The van der Waals surface area contributed by atoms with E-state index in [1.54, 1.807) is 0 Å². The van der Waals surface area contributed by atoms with Crippen LogP contribution in [0.15, 0.2) is 24.3 Å². The number of benzene rings is 1. The molecule has 5 heteroatoms. The molecule has 0 spiro atoms. The third-order valence-electron chi connectivity index (χ3n) is 2.65. The highest BCUT2D eigenvalue weighted by molar-refractivity contribution is 6.04. The third-order valence-corrected chi connectivity index (χ3v) is 2.65. The van der Waals surface area contributed by atoms with E-state index in [2.05, 4.69) is 10.00 Å². The van der Waals surface area contributed by atoms with Crippen molar-refractivity contribution in [1.29, 1.82) is 0 Å². The van der Waals surface area contributed by atoms with Crippen LogP contribution >= 0.6 is 0 Å². The standard InChI is InChI=1S/C12H16N4O/c1-15(2)7-8-16-10-6-4-3-5-9(10)11(14-16)12(13)17/h3-6H,7-8H2,1-2H3,(H2,13,17). The van der Waals surface area contributed by atoms with Gasteiger partial charge in [-0.15, -0.1) is 0 Å². The molecule has 0 aliphatic rings. The van der Waals surface area contributed by atoms with Crippen LogP contribution < -0.4 is 5.73 Å². The summed E-state index contributed by atoms with van der Waals surface area (Å²) in [4.78, 5) is 13.4. The van der Waals surface area contributed by atoms with Crippen molar-refractivity contribution >= 4 is 16.8 Å². The first kappa shape index (κ1) is 11.6. The Morgan fingerprint density at radius 3 is 2.76 bits per heavy atom. The number of hydrogen-bond acceptors (Lipinski definition) is 3. The number of primary amides is 1. The molecule has 0 atom stereocenters. The van der Waals surface area contributed by atoms with E-state index in [0.717, 1.165) is 24.0 Å². The van der Waals surface area contributed by atoms with Gasteiger partial charge in [-0.2, -0.15) is 5.10 Å². The van der Waals surface area contributed by atoms with Crippen molar-refractivity contribution in [3.8, 4) is 0 Å². The smallest absolute Gasteiger partial charge is 0.269 e. The number of para-hydroxylation sites is 1. The minimum Gasteiger partial charge on any atom is -0.364 e. The predicted octanol–water partition coefficient (Wildman–Crippen LogP) is 0.697. The van der Waals surface area contributed by atoms with Gasteiger partial charge in [0.05, 0.1) is 12.1 Å². The SMILES string of the molecule is CN(C)CCn1nc(C(N)=O)c2ccccc21. The number of carbonyl (C=O) groups excluding carboxylic acids is 1. The Balaban J connectivity index is 2.45. The molecule has 0 aliphatic carbocycles. The molecule has 0 aliphatic heterocycles. The van der Waals surface area contributed by atoms with E-state index in [9.17, 15) is 4.79 Å². The van der Waals surface area contributed by atoms with Crippen LogP contribution in [-0.2, 0) is 6.54 Å². The highest BCUT2D eigenvalue weighted by Crippen LogP contribution is 2.17. The zero-order valence-electron chi connectivity index (χ0n) is 10.1. The summed E-state index contributed by atoms with van der Waals surface area (Å²) in [6, 6.07) is 7.63. The summed E-state index contributed by atoms with van der Waals surface area (Å²) < 4.78 is 1.83. The minimum absolute atomic E-state index is 0.347. The molecule has 1 aromatic carbocycles. The summed E-state index contributed by atoms with van der Waals surface area (Å²) in [5, 5.41) is 5.09. The quantitative estimate of drug-likeness (QED) is 0.843. The number of amides is 1. The number of nitrogens with two attached hydrogens (primary N) is 1. The second kappa shape index (κ2) is 4.55. The molecular weight excluding hydrogens is 216 g/mol.